The summed E-state index contributed by atoms with van der Waals surface area (Å²) >= 11 is 0. The van der Waals surface area contributed by atoms with Gasteiger partial charge in [0.2, 0.25) is 5.91 Å². The first-order valence-corrected chi connectivity index (χ1v) is 6.12. The van der Waals surface area contributed by atoms with E-state index in [0.29, 0.717) is 13.0 Å². The van der Waals surface area contributed by atoms with Crippen LogP contribution in [0.25, 0.3) is 10.9 Å². The zero-order valence-electron chi connectivity index (χ0n) is 10.2. The van der Waals surface area contributed by atoms with E-state index in [-0.39, 0.29) is 11.9 Å². The smallest absolute Gasteiger partial charge is 0.222 e. The maximum absolute atomic E-state index is 11.2. The molecule has 0 aliphatic carbocycles. The molecule has 2 heterocycles. The lowest BCUT2D eigenvalue weighted by molar-refractivity contribution is -0.119. The van der Waals surface area contributed by atoms with Gasteiger partial charge in [0.25, 0.3) is 0 Å². The number of amides is 1. The Hall–Kier alpha value is -2.10. The number of benzene rings is 1. The van der Waals surface area contributed by atoms with Gasteiger partial charge < -0.3 is 10.6 Å². The van der Waals surface area contributed by atoms with Crippen LogP contribution in [-0.2, 0) is 4.79 Å². The van der Waals surface area contributed by atoms with Gasteiger partial charge in [-0.3, -0.25) is 4.79 Å². The van der Waals surface area contributed by atoms with Crippen LogP contribution in [0.15, 0.2) is 30.3 Å². The zero-order valence-corrected chi connectivity index (χ0v) is 10.2. The van der Waals surface area contributed by atoms with Crippen molar-refractivity contribution < 1.29 is 4.79 Å². The lowest BCUT2D eigenvalue weighted by atomic mass is 10.1. The first kappa shape index (κ1) is 11.0. The average Bonchev–Trinajstić information content (AvgIpc) is 2.76. The molecule has 1 unspecified atom stereocenters. The third kappa shape index (κ3) is 2.01. The molecule has 92 valence electrons. The standard InChI is InChI=1S/C14H15N3O/c1-9-6-10-4-2-3-5-12(10)17-14(9)16-11-7-13(18)15-8-11/h2-6,11H,7-8H2,1H3,(H,15,18)(H,16,17). The summed E-state index contributed by atoms with van der Waals surface area (Å²) in [6.45, 7) is 2.71. The molecule has 2 aromatic rings. The molecule has 1 fully saturated rings. The van der Waals surface area contributed by atoms with Gasteiger partial charge in [-0.15, -0.1) is 0 Å². The fourth-order valence-electron chi connectivity index (χ4n) is 2.27. The molecule has 1 aromatic carbocycles. The number of hydrogen-bond acceptors (Lipinski definition) is 3. The molecule has 0 bridgehead atoms. The van der Waals surface area contributed by atoms with Gasteiger partial charge in [0.05, 0.1) is 11.6 Å². The molecule has 0 radical (unpaired) electrons. The molecular formula is C14H15N3O. The quantitative estimate of drug-likeness (QED) is 0.843. The summed E-state index contributed by atoms with van der Waals surface area (Å²) in [5, 5.41) is 7.29. The van der Waals surface area contributed by atoms with E-state index in [1.54, 1.807) is 0 Å². The normalized spacial score (nSPS) is 18.9. The highest BCUT2D eigenvalue weighted by molar-refractivity contribution is 5.82. The summed E-state index contributed by atoms with van der Waals surface area (Å²) in [4.78, 5) is 15.8. The molecule has 3 rings (SSSR count). The van der Waals surface area contributed by atoms with E-state index in [1.165, 1.54) is 0 Å². The van der Waals surface area contributed by atoms with E-state index in [2.05, 4.69) is 27.8 Å². The number of anilines is 1. The molecule has 1 aromatic heterocycles. The van der Waals surface area contributed by atoms with Crippen LogP contribution in [0.1, 0.15) is 12.0 Å². The van der Waals surface area contributed by atoms with Gasteiger partial charge >= 0.3 is 0 Å². The Balaban J connectivity index is 1.91. The highest BCUT2D eigenvalue weighted by Gasteiger charge is 2.21. The first-order valence-electron chi connectivity index (χ1n) is 6.12. The third-order valence-corrected chi connectivity index (χ3v) is 3.23. The van der Waals surface area contributed by atoms with E-state index < -0.39 is 0 Å². The Kier molecular flexibility index (Phi) is 2.63. The van der Waals surface area contributed by atoms with Crippen molar-refractivity contribution in [2.24, 2.45) is 0 Å². The number of carbonyl (C=O) groups is 1. The second-order valence-electron chi connectivity index (χ2n) is 4.70. The second-order valence-corrected chi connectivity index (χ2v) is 4.70. The van der Waals surface area contributed by atoms with Crippen molar-refractivity contribution in [3.05, 3.63) is 35.9 Å². The van der Waals surface area contributed by atoms with Gasteiger partial charge in [-0.25, -0.2) is 4.98 Å². The monoisotopic (exact) mass is 241 g/mol. The van der Waals surface area contributed by atoms with Crippen LogP contribution in [0.4, 0.5) is 5.82 Å². The van der Waals surface area contributed by atoms with Crippen molar-refractivity contribution in [3.8, 4) is 0 Å². The third-order valence-electron chi connectivity index (χ3n) is 3.23. The van der Waals surface area contributed by atoms with Gasteiger partial charge in [0, 0.05) is 18.4 Å². The number of hydrogen-bond donors (Lipinski definition) is 2. The van der Waals surface area contributed by atoms with Crippen LogP contribution in [0.5, 0.6) is 0 Å². The summed E-state index contributed by atoms with van der Waals surface area (Å²) in [6, 6.07) is 10.3. The molecule has 1 atom stereocenters. The maximum atomic E-state index is 11.2. The van der Waals surface area contributed by atoms with Crippen molar-refractivity contribution in [2.75, 3.05) is 11.9 Å². The predicted octanol–water partition coefficient (Wildman–Crippen LogP) is 1.84. The van der Waals surface area contributed by atoms with E-state index in [1.807, 2.05) is 25.1 Å². The van der Waals surface area contributed by atoms with Crippen LogP contribution in [0.2, 0.25) is 0 Å². The maximum Gasteiger partial charge on any atom is 0.222 e. The molecule has 0 spiro atoms. The molecule has 1 aliphatic rings. The molecule has 1 saturated heterocycles. The minimum atomic E-state index is 0.103. The fraction of sp³-hybridized carbons (Fsp3) is 0.286. The zero-order chi connectivity index (χ0) is 12.5. The van der Waals surface area contributed by atoms with Gasteiger partial charge in [0.1, 0.15) is 5.82 Å². The number of carbonyl (C=O) groups excluding carboxylic acids is 1. The highest BCUT2D eigenvalue weighted by atomic mass is 16.1. The van der Waals surface area contributed by atoms with Crippen molar-refractivity contribution in [3.63, 3.8) is 0 Å². The molecule has 0 saturated carbocycles. The van der Waals surface area contributed by atoms with Crippen molar-refractivity contribution in [1.82, 2.24) is 10.3 Å². The van der Waals surface area contributed by atoms with Crippen LogP contribution in [0.3, 0.4) is 0 Å². The minimum Gasteiger partial charge on any atom is -0.365 e. The summed E-state index contributed by atoms with van der Waals surface area (Å²) in [6.07, 6.45) is 0.522. The number of para-hydroxylation sites is 1. The van der Waals surface area contributed by atoms with Crippen molar-refractivity contribution in [2.45, 2.75) is 19.4 Å². The van der Waals surface area contributed by atoms with Crippen LogP contribution in [-0.4, -0.2) is 23.5 Å². The number of pyridine rings is 1. The molecule has 1 amide bonds. The Bertz CT molecular complexity index is 609. The molecule has 4 nitrogen and oxygen atoms in total. The molecular weight excluding hydrogens is 226 g/mol. The second kappa shape index (κ2) is 4.29. The Morgan fingerprint density at radius 3 is 3.00 bits per heavy atom. The van der Waals surface area contributed by atoms with E-state index >= 15 is 0 Å². The first-order chi connectivity index (χ1) is 8.72. The van der Waals surface area contributed by atoms with Crippen molar-refractivity contribution >= 4 is 22.6 Å². The Morgan fingerprint density at radius 2 is 2.22 bits per heavy atom. The topological polar surface area (TPSA) is 54.0 Å². The molecule has 1 aliphatic heterocycles. The minimum absolute atomic E-state index is 0.103. The number of nitrogens with one attached hydrogen (secondary N) is 2. The fourth-order valence-corrected chi connectivity index (χ4v) is 2.27. The van der Waals surface area contributed by atoms with Crippen LogP contribution >= 0.6 is 0 Å². The van der Waals surface area contributed by atoms with E-state index in [9.17, 15) is 4.79 Å². The summed E-state index contributed by atoms with van der Waals surface area (Å²) in [5.74, 6) is 0.973. The van der Waals surface area contributed by atoms with E-state index in [0.717, 1.165) is 22.3 Å². The number of aromatic nitrogens is 1. The van der Waals surface area contributed by atoms with Crippen LogP contribution in [0, 0.1) is 6.92 Å². The van der Waals surface area contributed by atoms with Gasteiger partial charge in [-0.2, -0.15) is 0 Å². The number of nitrogens with zero attached hydrogens (tertiary/aromatic N) is 1. The predicted molar refractivity (Wildman–Crippen MR) is 71.5 cm³/mol. The van der Waals surface area contributed by atoms with Crippen molar-refractivity contribution in [1.29, 1.82) is 0 Å². The van der Waals surface area contributed by atoms with Gasteiger partial charge in [0.15, 0.2) is 0 Å². The molecule has 4 heteroatoms. The molecule has 2 N–H and O–H groups in total. The van der Waals surface area contributed by atoms with Gasteiger partial charge in [-0.1, -0.05) is 18.2 Å². The number of aryl methyl sites for hydroxylation is 1. The Labute approximate surface area is 105 Å². The van der Waals surface area contributed by atoms with Gasteiger partial charge in [-0.05, 0) is 24.6 Å². The largest absolute Gasteiger partial charge is 0.365 e. The number of rotatable bonds is 2. The average molecular weight is 241 g/mol. The summed E-state index contributed by atoms with van der Waals surface area (Å²) in [5.41, 5.74) is 2.08. The molecule has 18 heavy (non-hydrogen) atoms. The number of fused-ring (bicyclic) bond motifs is 1. The van der Waals surface area contributed by atoms with Crippen LogP contribution < -0.4 is 10.6 Å². The summed E-state index contributed by atoms with van der Waals surface area (Å²) < 4.78 is 0. The SMILES string of the molecule is Cc1cc2ccccc2nc1NC1CNC(=O)C1. The Morgan fingerprint density at radius 1 is 1.39 bits per heavy atom. The summed E-state index contributed by atoms with van der Waals surface area (Å²) in [7, 11) is 0. The lowest BCUT2D eigenvalue weighted by Gasteiger charge is -2.14. The van der Waals surface area contributed by atoms with E-state index in [4.69, 9.17) is 0 Å². The lowest BCUT2D eigenvalue weighted by Crippen LogP contribution is -2.23. The highest BCUT2D eigenvalue weighted by Crippen LogP contribution is 2.21.